The lowest BCUT2D eigenvalue weighted by molar-refractivity contribution is 0.223. The number of anilines is 1. The Kier molecular flexibility index (Phi) is 5.31. The lowest BCUT2D eigenvalue weighted by Gasteiger charge is -2.20. The standard InChI is InChI=1S/C19H25NO2/c1-13-10-14(2)19(15(3)11-13)20-12-16(4)22-18-9-7-6-8-17(18)21-5/h6-11,16,20H,12H2,1-5H3. The highest BCUT2D eigenvalue weighted by molar-refractivity contribution is 5.58. The van der Waals surface area contributed by atoms with Crippen molar-refractivity contribution in [3.8, 4) is 11.5 Å². The number of para-hydroxylation sites is 2. The molecule has 3 heteroatoms. The fourth-order valence-corrected chi connectivity index (χ4v) is 2.68. The minimum absolute atomic E-state index is 0.0383. The fourth-order valence-electron chi connectivity index (χ4n) is 2.68. The molecule has 0 amide bonds. The van der Waals surface area contributed by atoms with Gasteiger partial charge in [0.1, 0.15) is 6.10 Å². The molecule has 1 N–H and O–H groups in total. The quantitative estimate of drug-likeness (QED) is 0.852. The number of hydrogen-bond acceptors (Lipinski definition) is 3. The van der Waals surface area contributed by atoms with E-state index >= 15 is 0 Å². The Morgan fingerprint density at radius 2 is 1.59 bits per heavy atom. The maximum atomic E-state index is 5.97. The summed E-state index contributed by atoms with van der Waals surface area (Å²) in [4.78, 5) is 0. The number of aryl methyl sites for hydroxylation is 3. The molecule has 0 saturated carbocycles. The predicted octanol–water partition coefficient (Wildman–Crippen LogP) is 4.50. The van der Waals surface area contributed by atoms with E-state index in [0.29, 0.717) is 0 Å². The number of hydrogen-bond donors (Lipinski definition) is 1. The van der Waals surface area contributed by atoms with Crippen LogP contribution in [-0.4, -0.2) is 19.8 Å². The van der Waals surface area contributed by atoms with Crippen molar-refractivity contribution in [1.82, 2.24) is 0 Å². The summed E-state index contributed by atoms with van der Waals surface area (Å²) in [6.45, 7) is 9.18. The van der Waals surface area contributed by atoms with E-state index in [4.69, 9.17) is 9.47 Å². The van der Waals surface area contributed by atoms with Crippen molar-refractivity contribution in [3.05, 3.63) is 53.1 Å². The smallest absolute Gasteiger partial charge is 0.161 e. The molecule has 1 unspecified atom stereocenters. The van der Waals surface area contributed by atoms with Crippen molar-refractivity contribution < 1.29 is 9.47 Å². The van der Waals surface area contributed by atoms with Crippen molar-refractivity contribution in [1.29, 1.82) is 0 Å². The Labute approximate surface area is 133 Å². The zero-order valence-corrected chi connectivity index (χ0v) is 14.1. The molecule has 0 saturated heterocycles. The molecular formula is C19H25NO2. The summed E-state index contributed by atoms with van der Waals surface area (Å²) in [5.41, 5.74) is 5.02. The van der Waals surface area contributed by atoms with Gasteiger partial charge in [-0.3, -0.25) is 0 Å². The van der Waals surface area contributed by atoms with E-state index in [2.05, 4.69) is 45.1 Å². The van der Waals surface area contributed by atoms with Gasteiger partial charge >= 0.3 is 0 Å². The lowest BCUT2D eigenvalue weighted by Crippen LogP contribution is -2.23. The monoisotopic (exact) mass is 299 g/mol. The topological polar surface area (TPSA) is 30.5 Å². The van der Waals surface area contributed by atoms with Crippen LogP contribution in [-0.2, 0) is 0 Å². The minimum atomic E-state index is 0.0383. The molecule has 0 heterocycles. The maximum Gasteiger partial charge on any atom is 0.161 e. The van der Waals surface area contributed by atoms with Gasteiger partial charge in [-0.25, -0.2) is 0 Å². The van der Waals surface area contributed by atoms with Gasteiger partial charge in [0, 0.05) is 5.69 Å². The van der Waals surface area contributed by atoms with Crippen LogP contribution in [0.25, 0.3) is 0 Å². The van der Waals surface area contributed by atoms with Gasteiger partial charge in [-0.15, -0.1) is 0 Å². The van der Waals surface area contributed by atoms with Crippen LogP contribution < -0.4 is 14.8 Å². The highest BCUT2D eigenvalue weighted by Gasteiger charge is 2.10. The summed E-state index contributed by atoms with van der Waals surface area (Å²) in [5, 5.41) is 3.50. The second-order valence-corrected chi connectivity index (χ2v) is 5.73. The first kappa shape index (κ1) is 16.2. The van der Waals surface area contributed by atoms with Crippen LogP contribution in [0.3, 0.4) is 0 Å². The Balaban J connectivity index is 2.00. The number of ether oxygens (including phenoxy) is 2. The van der Waals surface area contributed by atoms with Crippen LogP contribution in [0.1, 0.15) is 23.6 Å². The molecule has 0 fully saturated rings. The molecule has 3 nitrogen and oxygen atoms in total. The number of nitrogens with one attached hydrogen (secondary N) is 1. The zero-order valence-electron chi connectivity index (χ0n) is 14.1. The first-order valence-electron chi connectivity index (χ1n) is 7.62. The molecule has 0 aliphatic carbocycles. The van der Waals surface area contributed by atoms with E-state index < -0.39 is 0 Å². The summed E-state index contributed by atoms with van der Waals surface area (Å²) in [7, 11) is 1.66. The van der Waals surface area contributed by atoms with Gasteiger partial charge in [-0.05, 0) is 51.0 Å². The first-order chi connectivity index (χ1) is 10.5. The Hall–Kier alpha value is -2.16. The van der Waals surface area contributed by atoms with Crippen molar-refractivity contribution in [2.24, 2.45) is 0 Å². The fraction of sp³-hybridized carbons (Fsp3) is 0.368. The van der Waals surface area contributed by atoms with Crippen molar-refractivity contribution in [2.75, 3.05) is 19.0 Å². The molecule has 118 valence electrons. The van der Waals surface area contributed by atoms with Gasteiger partial charge in [0.05, 0.1) is 13.7 Å². The largest absolute Gasteiger partial charge is 0.493 e. The van der Waals surface area contributed by atoms with E-state index in [9.17, 15) is 0 Å². The first-order valence-corrected chi connectivity index (χ1v) is 7.62. The van der Waals surface area contributed by atoms with Gasteiger partial charge in [0.25, 0.3) is 0 Å². The van der Waals surface area contributed by atoms with E-state index in [0.717, 1.165) is 18.0 Å². The Morgan fingerprint density at radius 1 is 1.00 bits per heavy atom. The van der Waals surface area contributed by atoms with E-state index in [1.807, 2.05) is 24.3 Å². The van der Waals surface area contributed by atoms with Crippen LogP contribution in [0, 0.1) is 20.8 Å². The summed E-state index contributed by atoms with van der Waals surface area (Å²) in [5.74, 6) is 1.54. The van der Waals surface area contributed by atoms with Gasteiger partial charge in [-0.1, -0.05) is 29.8 Å². The van der Waals surface area contributed by atoms with Crippen LogP contribution in [0.4, 0.5) is 5.69 Å². The van der Waals surface area contributed by atoms with Gasteiger partial charge in [0.2, 0.25) is 0 Å². The second kappa shape index (κ2) is 7.21. The maximum absolute atomic E-state index is 5.97. The molecule has 0 bridgehead atoms. The molecule has 0 spiro atoms. The number of benzene rings is 2. The van der Waals surface area contributed by atoms with Crippen LogP contribution in [0.15, 0.2) is 36.4 Å². The molecule has 2 rings (SSSR count). The highest BCUT2D eigenvalue weighted by Crippen LogP contribution is 2.27. The average Bonchev–Trinajstić information content (AvgIpc) is 2.46. The molecule has 0 aliphatic heterocycles. The highest BCUT2D eigenvalue weighted by atomic mass is 16.5. The summed E-state index contributed by atoms with van der Waals surface area (Å²) in [6.07, 6.45) is 0.0383. The minimum Gasteiger partial charge on any atom is -0.493 e. The summed E-state index contributed by atoms with van der Waals surface area (Å²) >= 11 is 0. The second-order valence-electron chi connectivity index (χ2n) is 5.73. The van der Waals surface area contributed by atoms with E-state index in [1.54, 1.807) is 7.11 Å². The zero-order chi connectivity index (χ0) is 16.1. The van der Waals surface area contributed by atoms with Crippen molar-refractivity contribution in [3.63, 3.8) is 0 Å². The van der Waals surface area contributed by atoms with Crippen LogP contribution in [0.2, 0.25) is 0 Å². The predicted molar refractivity (Wildman–Crippen MR) is 92.2 cm³/mol. The van der Waals surface area contributed by atoms with Crippen molar-refractivity contribution in [2.45, 2.75) is 33.8 Å². The SMILES string of the molecule is COc1ccccc1OC(C)CNc1c(C)cc(C)cc1C. The number of methoxy groups -OCH3 is 1. The lowest BCUT2D eigenvalue weighted by atomic mass is 10.1. The molecular weight excluding hydrogens is 274 g/mol. The third-order valence-corrected chi connectivity index (χ3v) is 3.64. The normalized spacial score (nSPS) is 11.9. The van der Waals surface area contributed by atoms with Crippen molar-refractivity contribution >= 4 is 5.69 Å². The molecule has 2 aromatic carbocycles. The summed E-state index contributed by atoms with van der Waals surface area (Å²) in [6, 6.07) is 12.1. The van der Waals surface area contributed by atoms with E-state index in [-0.39, 0.29) is 6.10 Å². The van der Waals surface area contributed by atoms with Crippen LogP contribution in [0.5, 0.6) is 11.5 Å². The van der Waals surface area contributed by atoms with E-state index in [1.165, 1.54) is 22.4 Å². The Morgan fingerprint density at radius 3 is 2.18 bits per heavy atom. The molecule has 0 aliphatic rings. The Bertz CT molecular complexity index is 614. The molecule has 0 radical (unpaired) electrons. The van der Waals surface area contributed by atoms with Crippen LogP contribution >= 0.6 is 0 Å². The average molecular weight is 299 g/mol. The van der Waals surface area contributed by atoms with Gasteiger partial charge in [-0.2, -0.15) is 0 Å². The molecule has 2 aromatic rings. The third kappa shape index (κ3) is 3.94. The summed E-state index contributed by atoms with van der Waals surface area (Å²) < 4.78 is 11.3. The number of rotatable bonds is 6. The molecule has 0 aromatic heterocycles. The third-order valence-electron chi connectivity index (χ3n) is 3.64. The molecule has 22 heavy (non-hydrogen) atoms. The molecule has 1 atom stereocenters. The van der Waals surface area contributed by atoms with Gasteiger partial charge in [0.15, 0.2) is 11.5 Å². The van der Waals surface area contributed by atoms with Gasteiger partial charge < -0.3 is 14.8 Å².